The van der Waals surface area contributed by atoms with Crippen molar-refractivity contribution in [3.8, 4) is 5.75 Å². The maximum atomic E-state index is 13.6. The van der Waals surface area contributed by atoms with Crippen molar-refractivity contribution in [2.24, 2.45) is 11.7 Å². The first-order chi connectivity index (χ1) is 9.17. The molecule has 1 aromatic rings. The van der Waals surface area contributed by atoms with Crippen LogP contribution in [0.1, 0.15) is 24.8 Å². The summed E-state index contributed by atoms with van der Waals surface area (Å²) in [7, 11) is 1.47. The predicted octanol–water partition coefficient (Wildman–Crippen LogP) is 2.27. The molecule has 4 heteroatoms. The van der Waals surface area contributed by atoms with E-state index in [4.69, 9.17) is 15.2 Å². The molecule has 0 aromatic heterocycles. The Labute approximate surface area is 112 Å². The van der Waals surface area contributed by atoms with E-state index in [9.17, 15) is 4.39 Å². The van der Waals surface area contributed by atoms with E-state index in [0.717, 1.165) is 18.4 Å². The quantitative estimate of drug-likeness (QED) is 0.908. The standard InChI is InChI=1S/C15H20FNO2/c1-18-15-4-2-9(6-12(15)16)7-13(17)11-8-10-3-5-14(11)19-10/h2,4,6,10-11,13-14H,3,5,7-8,17H2,1H3. The first-order valence-electron chi connectivity index (χ1n) is 6.91. The van der Waals surface area contributed by atoms with Crippen LogP contribution in [0.25, 0.3) is 0 Å². The van der Waals surface area contributed by atoms with E-state index in [0.29, 0.717) is 24.5 Å². The summed E-state index contributed by atoms with van der Waals surface area (Å²) in [4.78, 5) is 0. The normalized spacial score (nSPS) is 30.6. The van der Waals surface area contributed by atoms with Crippen molar-refractivity contribution in [3.63, 3.8) is 0 Å². The van der Waals surface area contributed by atoms with E-state index in [-0.39, 0.29) is 17.6 Å². The highest BCUT2D eigenvalue weighted by atomic mass is 19.1. The Hall–Kier alpha value is -1.13. The fourth-order valence-corrected chi connectivity index (χ4v) is 3.39. The lowest BCUT2D eigenvalue weighted by Gasteiger charge is -2.25. The van der Waals surface area contributed by atoms with Crippen LogP contribution in [0.15, 0.2) is 18.2 Å². The summed E-state index contributed by atoms with van der Waals surface area (Å²) >= 11 is 0. The molecule has 2 N–H and O–H groups in total. The molecule has 4 unspecified atom stereocenters. The van der Waals surface area contributed by atoms with Crippen molar-refractivity contribution < 1.29 is 13.9 Å². The number of benzene rings is 1. The monoisotopic (exact) mass is 265 g/mol. The minimum atomic E-state index is -0.323. The van der Waals surface area contributed by atoms with Gasteiger partial charge in [0.05, 0.1) is 19.3 Å². The van der Waals surface area contributed by atoms with Gasteiger partial charge in [-0.1, -0.05) is 6.07 Å². The van der Waals surface area contributed by atoms with Gasteiger partial charge in [-0.05, 0) is 43.4 Å². The number of rotatable bonds is 4. The lowest BCUT2D eigenvalue weighted by atomic mass is 9.82. The number of methoxy groups -OCH3 is 1. The minimum Gasteiger partial charge on any atom is -0.494 e. The number of ether oxygens (including phenoxy) is 2. The highest BCUT2D eigenvalue weighted by Gasteiger charge is 2.43. The molecule has 3 rings (SSSR count). The second-order valence-electron chi connectivity index (χ2n) is 5.61. The lowest BCUT2D eigenvalue weighted by Crippen LogP contribution is -2.37. The highest BCUT2D eigenvalue weighted by molar-refractivity contribution is 5.29. The van der Waals surface area contributed by atoms with Crippen LogP contribution in [0.5, 0.6) is 5.75 Å². The summed E-state index contributed by atoms with van der Waals surface area (Å²) in [5, 5.41) is 0. The molecule has 3 nitrogen and oxygen atoms in total. The van der Waals surface area contributed by atoms with E-state index in [1.807, 2.05) is 6.07 Å². The molecule has 2 bridgehead atoms. The van der Waals surface area contributed by atoms with Gasteiger partial charge in [-0.25, -0.2) is 4.39 Å². The maximum Gasteiger partial charge on any atom is 0.165 e. The van der Waals surface area contributed by atoms with Crippen molar-refractivity contribution in [2.45, 2.75) is 43.9 Å². The number of halogens is 1. The number of hydrogen-bond acceptors (Lipinski definition) is 3. The Bertz CT molecular complexity index is 465. The average molecular weight is 265 g/mol. The molecule has 0 spiro atoms. The fourth-order valence-electron chi connectivity index (χ4n) is 3.39. The van der Waals surface area contributed by atoms with Gasteiger partial charge in [-0.2, -0.15) is 0 Å². The Morgan fingerprint density at radius 1 is 1.47 bits per heavy atom. The van der Waals surface area contributed by atoms with Crippen molar-refractivity contribution in [1.82, 2.24) is 0 Å². The van der Waals surface area contributed by atoms with Crippen molar-refractivity contribution in [2.75, 3.05) is 7.11 Å². The summed E-state index contributed by atoms with van der Waals surface area (Å²) < 4.78 is 24.4. The zero-order valence-corrected chi connectivity index (χ0v) is 11.1. The average Bonchev–Trinajstić information content (AvgIpc) is 3.01. The van der Waals surface area contributed by atoms with Gasteiger partial charge < -0.3 is 15.2 Å². The van der Waals surface area contributed by atoms with Crippen LogP contribution in [-0.4, -0.2) is 25.4 Å². The zero-order chi connectivity index (χ0) is 13.4. The molecular weight excluding hydrogens is 245 g/mol. The second kappa shape index (κ2) is 5.10. The second-order valence-corrected chi connectivity index (χ2v) is 5.61. The van der Waals surface area contributed by atoms with E-state index < -0.39 is 0 Å². The van der Waals surface area contributed by atoms with Gasteiger partial charge in [-0.15, -0.1) is 0 Å². The molecule has 0 saturated carbocycles. The first kappa shape index (κ1) is 12.9. The van der Waals surface area contributed by atoms with Crippen LogP contribution in [0.4, 0.5) is 4.39 Å². The number of fused-ring (bicyclic) bond motifs is 2. The topological polar surface area (TPSA) is 44.5 Å². The highest BCUT2D eigenvalue weighted by Crippen LogP contribution is 2.40. The summed E-state index contributed by atoms with van der Waals surface area (Å²) in [6, 6.07) is 5.11. The summed E-state index contributed by atoms with van der Waals surface area (Å²) in [6.07, 6.45) is 4.78. The zero-order valence-electron chi connectivity index (χ0n) is 11.1. The van der Waals surface area contributed by atoms with Gasteiger partial charge in [0.1, 0.15) is 0 Å². The Morgan fingerprint density at radius 3 is 2.89 bits per heavy atom. The Balaban J connectivity index is 1.66. The molecule has 2 heterocycles. The molecular formula is C15H20FNO2. The molecule has 104 valence electrons. The molecule has 19 heavy (non-hydrogen) atoms. The third-order valence-electron chi connectivity index (χ3n) is 4.39. The molecule has 0 radical (unpaired) electrons. The van der Waals surface area contributed by atoms with E-state index in [2.05, 4.69) is 0 Å². The summed E-state index contributed by atoms with van der Waals surface area (Å²) in [5.41, 5.74) is 7.21. The van der Waals surface area contributed by atoms with Crippen LogP contribution in [0.3, 0.4) is 0 Å². The molecule has 1 aromatic carbocycles. The van der Waals surface area contributed by atoms with Crippen molar-refractivity contribution >= 4 is 0 Å². The number of hydrogen-bond donors (Lipinski definition) is 1. The predicted molar refractivity (Wildman–Crippen MR) is 70.6 cm³/mol. The van der Waals surface area contributed by atoms with E-state index in [1.165, 1.54) is 19.6 Å². The largest absolute Gasteiger partial charge is 0.494 e. The van der Waals surface area contributed by atoms with Crippen LogP contribution < -0.4 is 10.5 Å². The fraction of sp³-hybridized carbons (Fsp3) is 0.600. The molecule has 0 amide bonds. The van der Waals surface area contributed by atoms with Crippen molar-refractivity contribution in [1.29, 1.82) is 0 Å². The lowest BCUT2D eigenvalue weighted by molar-refractivity contribution is 0.0885. The third-order valence-corrected chi connectivity index (χ3v) is 4.39. The summed E-state index contributed by atoms with van der Waals surface area (Å²) in [5.74, 6) is 0.376. The van der Waals surface area contributed by atoms with Gasteiger partial charge in [0.15, 0.2) is 11.6 Å². The van der Waals surface area contributed by atoms with Gasteiger partial charge in [0.2, 0.25) is 0 Å². The first-order valence-corrected chi connectivity index (χ1v) is 6.91. The third kappa shape index (κ3) is 2.47. The molecule has 2 fully saturated rings. The Morgan fingerprint density at radius 2 is 2.32 bits per heavy atom. The van der Waals surface area contributed by atoms with Crippen LogP contribution in [0, 0.1) is 11.7 Å². The van der Waals surface area contributed by atoms with Gasteiger partial charge in [0.25, 0.3) is 0 Å². The van der Waals surface area contributed by atoms with Gasteiger partial charge in [0, 0.05) is 12.0 Å². The van der Waals surface area contributed by atoms with Gasteiger partial charge in [-0.3, -0.25) is 0 Å². The van der Waals surface area contributed by atoms with Crippen LogP contribution in [0.2, 0.25) is 0 Å². The smallest absolute Gasteiger partial charge is 0.165 e. The van der Waals surface area contributed by atoms with Crippen molar-refractivity contribution in [3.05, 3.63) is 29.6 Å². The SMILES string of the molecule is COc1ccc(CC(N)C2CC3CCC2O3)cc1F. The van der Waals surface area contributed by atoms with Gasteiger partial charge >= 0.3 is 0 Å². The van der Waals surface area contributed by atoms with Crippen LogP contribution >= 0.6 is 0 Å². The number of nitrogens with two attached hydrogens (primary N) is 1. The molecule has 0 aliphatic carbocycles. The summed E-state index contributed by atoms with van der Waals surface area (Å²) in [6.45, 7) is 0. The van der Waals surface area contributed by atoms with E-state index >= 15 is 0 Å². The maximum absolute atomic E-state index is 13.6. The molecule has 4 atom stereocenters. The molecule has 2 aliphatic heterocycles. The molecule has 2 aliphatic rings. The Kier molecular flexibility index (Phi) is 3.46. The molecule has 2 saturated heterocycles. The minimum absolute atomic E-state index is 0.0445. The van der Waals surface area contributed by atoms with Crippen LogP contribution in [-0.2, 0) is 11.2 Å². The van der Waals surface area contributed by atoms with E-state index in [1.54, 1.807) is 6.07 Å².